The Balaban J connectivity index is 2.32. The van der Waals surface area contributed by atoms with Gasteiger partial charge in [-0.15, -0.1) is 0 Å². The summed E-state index contributed by atoms with van der Waals surface area (Å²) >= 11 is 0. The van der Waals surface area contributed by atoms with Gasteiger partial charge in [0.1, 0.15) is 12.7 Å². The van der Waals surface area contributed by atoms with Crippen molar-refractivity contribution in [3.8, 4) is 5.75 Å². The summed E-state index contributed by atoms with van der Waals surface area (Å²) in [5.74, 6) is -1.57. The lowest BCUT2D eigenvalue weighted by Gasteiger charge is -2.36. The van der Waals surface area contributed by atoms with Crippen LogP contribution in [0.2, 0.25) is 0 Å². The molecule has 2 amide bonds. The molecule has 2 rings (SSSR count). The van der Waals surface area contributed by atoms with Crippen molar-refractivity contribution in [2.75, 3.05) is 25.9 Å². The monoisotopic (exact) mass is 364 g/mol. The van der Waals surface area contributed by atoms with Crippen molar-refractivity contribution in [2.45, 2.75) is 19.1 Å². The number of aromatic nitrogens is 1. The standard InChI is InChI=1S/C13H15F3N4O5/c1-7(13(14,15)16)19-5-18-20-4-3-8(21)10(9(20)11(19)22)24-6-25-12(23)17-2/h3-4,7,18H,5-6H2,1-2H3,(H,17,23)/t7-/m1/s1. The number of carbonyl (C=O) groups excluding carboxylic acids is 2. The van der Waals surface area contributed by atoms with Gasteiger partial charge in [0.15, 0.2) is 5.69 Å². The molecule has 0 saturated carbocycles. The van der Waals surface area contributed by atoms with E-state index in [1.807, 2.05) is 0 Å². The Morgan fingerprint density at radius 2 is 2.12 bits per heavy atom. The number of pyridine rings is 1. The van der Waals surface area contributed by atoms with E-state index in [1.165, 1.54) is 13.2 Å². The first-order valence-corrected chi connectivity index (χ1v) is 7.01. The van der Waals surface area contributed by atoms with E-state index in [2.05, 4.69) is 15.5 Å². The van der Waals surface area contributed by atoms with Gasteiger partial charge < -0.3 is 25.1 Å². The van der Waals surface area contributed by atoms with Gasteiger partial charge in [-0.1, -0.05) is 0 Å². The molecule has 0 unspecified atom stereocenters. The number of carbonyl (C=O) groups is 2. The lowest BCUT2D eigenvalue weighted by atomic mass is 10.2. The second kappa shape index (κ2) is 6.91. The first kappa shape index (κ1) is 18.4. The van der Waals surface area contributed by atoms with Crippen molar-refractivity contribution in [3.63, 3.8) is 0 Å². The van der Waals surface area contributed by atoms with Gasteiger partial charge in [0.2, 0.25) is 18.0 Å². The number of hydrogen-bond donors (Lipinski definition) is 2. The smallest absolute Gasteiger partial charge is 0.409 e. The summed E-state index contributed by atoms with van der Waals surface area (Å²) in [4.78, 5) is 35.9. The topological polar surface area (TPSA) is 102 Å². The van der Waals surface area contributed by atoms with Crippen LogP contribution in [0.4, 0.5) is 18.0 Å². The predicted octanol–water partition coefficient (Wildman–Crippen LogP) is 0.448. The van der Waals surface area contributed by atoms with Crippen LogP contribution in [0.1, 0.15) is 17.4 Å². The molecule has 1 aromatic rings. The van der Waals surface area contributed by atoms with Crippen LogP contribution in [-0.2, 0) is 4.74 Å². The number of rotatable bonds is 4. The van der Waals surface area contributed by atoms with Crippen molar-refractivity contribution in [1.82, 2.24) is 14.9 Å². The summed E-state index contributed by atoms with van der Waals surface area (Å²) in [7, 11) is 1.30. The van der Waals surface area contributed by atoms with Crippen LogP contribution in [0.15, 0.2) is 17.1 Å². The van der Waals surface area contributed by atoms with E-state index in [1.54, 1.807) is 0 Å². The number of nitrogens with zero attached hydrogens (tertiary/aromatic N) is 2. The number of halogens is 3. The van der Waals surface area contributed by atoms with Crippen LogP contribution < -0.4 is 20.9 Å². The summed E-state index contributed by atoms with van der Waals surface area (Å²) in [6.45, 7) is -0.289. The number of amides is 2. The Labute approximate surface area is 139 Å². The Morgan fingerprint density at radius 1 is 1.44 bits per heavy atom. The molecule has 2 heterocycles. The van der Waals surface area contributed by atoms with Gasteiger partial charge in [-0.3, -0.25) is 14.3 Å². The highest BCUT2D eigenvalue weighted by atomic mass is 19.4. The SMILES string of the molecule is CNC(=O)OCOc1c2n(ccc1=O)NCN([C@H](C)C(F)(F)F)C2=O. The molecule has 2 N–H and O–H groups in total. The first-order chi connectivity index (χ1) is 11.7. The number of ether oxygens (including phenoxy) is 2. The van der Waals surface area contributed by atoms with Crippen LogP contribution in [0.25, 0.3) is 0 Å². The summed E-state index contributed by atoms with van der Waals surface area (Å²) in [5.41, 5.74) is 1.39. The molecule has 0 aliphatic carbocycles. The molecule has 0 saturated heterocycles. The van der Waals surface area contributed by atoms with E-state index in [0.29, 0.717) is 4.90 Å². The van der Waals surface area contributed by atoms with Crippen molar-refractivity contribution >= 4 is 12.0 Å². The summed E-state index contributed by atoms with van der Waals surface area (Å²) < 4.78 is 49.4. The average Bonchev–Trinajstić information content (AvgIpc) is 2.55. The molecule has 0 radical (unpaired) electrons. The van der Waals surface area contributed by atoms with Crippen LogP contribution >= 0.6 is 0 Å². The molecule has 25 heavy (non-hydrogen) atoms. The number of alkyl carbamates (subject to hydrolysis) is 1. The van der Waals surface area contributed by atoms with Gasteiger partial charge in [0, 0.05) is 19.3 Å². The maximum absolute atomic E-state index is 12.9. The number of fused-ring (bicyclic) bond motifs is 1. The third-order valence-corrected chi connectivity index (χ3v) is 3.47. The first-order valence-electron chi connectivity index (χ1n) is 7.01. The average molecular weight is 364 g/mol. The molecule has 0 spiro atoms. The van der Waals surface area contributed by atoms with E-state index in [4.69, 9.17) is 4.74 Å². The third kappa shape index (κ3) is 3.78. The minimum Gasteiger partial charge on any atom is -0.451 e. The fourth-order valence-electron chi connectivity index (χ4n) is 2.05. The molecule has 0 fully saturated rings. The lowest BCUT2D eigenvalue weighted by molar-refractivity contribution is -0.172. The van der Waals surface area contributed by atoms with Gasteiger partial charge in [-0.05, 0) is 6.92 Å². The zero-order valence-corrected chi connectivity index (χ0v) is 13.2. The van der Waals surface area contributed by atoms with Crippen molar-refractivity contribution in [3.05, 3.63) is 28.2 Å². The molecular formula is C13H15F3N4O5. The summed E-state index contributed by atoms with van der Waals surface area (Å²) in [6, 6.07) is -1.02. The molecule has 1 aromatic heterocycles. The minimum atomic E-state index is -4.64. The van der Waals surface area contributed by atoms with Crippen molar-refractivity contribution in [1.29, 1.82) is 0 Å². The zero-order chi connectivity index (χ0) is 18.8. The summed E-state index contributed by atoms with van der Waals surface area (Å²) in [6.07, 6.45) is -4.29. The third-order valence-electron chi connectivity index (χ3n) is 3.47. The fourth-order valence-corrected chi connectivity index (χ4v) is 2.05. The molecule has 0 bridgehead atoms. The van der Waals surface area contributed by atoms with E-state index in [-0.39, 0.29) is 0 Å². The van der Waals surface area contributed by atoms with Crippen molar-refractivity contribution < 1.29 is 32.2 Å². The molecule has 1 aliphatic heterocycles. The van der Waals surface area contributed by atoms with Crippen LogP contribution in [-0.4, -0.2) is 54.3 Å². The molecule has 9 nitrogen and oxygen atoms in total. The Hall–Kier alpha value is -2.92. The van der Waals surface area contributed by atoms with Crippen LogP contribution in [0, 0.1) is 0 Å². The van der Waals surface area contributed by atoms with Crippen molar-refractivity contribution in [2.24, 2.45) is 0 Å². The second-order valence-electron chi connectivity index (χ2n) is 4.98. The highest BCUT2D eigenvalue weighted by Crippen LogP contribution is 2.28. The van der Waals surface area contributed by atoms with E-state index >= 15 is 0 Å². The molecular weight excluding hydrogens is 349 g/mol. The lowest BCUT2D eigenvalue weighted by Crippen LogP contribution is -2.54. The second-order valence-corrected chi connectivity index (χ2v) is 4.98. The minimum absolute atomic E-state index is 0.413. The van der Waals surface area contributed by atoms with Gasteiger partial charge in [0.25, 0.3) is 5.91 Å². The molecule has 1 aliphatic rings. The highest BCUT2D eigenvalue weighted by molar-refractivity contribution is 5.96. The predicted molar refractivity (Wildman–Crippen MR) is 77.7 cm³/mol. The van der Waals surface area contributed by atoms with Crippen LogP contribution in [0.3, 0.4) is 0 Å². The van der Waals surface area contributed by atoms with Crippen LogP contribution in [0.5, 0.6) is 5.75 Å². The van der Waals surface area contributed by atoms with E-state index in [0.717, 1.165) is 17.7 Å². The Kier molecular flexibility index (Phi) is 5.09. The van der Waals surface area contributed by atoms with Gasteiger partial charge in [-0.2, -0.15) is 13.2 Å². The maximum atomic E-state index is 12.9. The fraction of sp³-hybridized carbons (Fsp3) is 0.462. The maximum Gasteiger partial charge on any atom is 0.409 e. The van der Waals surface area contributed by atoms with Gasteiger partial charge in [0.05, 0.1) is 0 Å². The summed E-state index contributed by atoms with van der Waals surface area (Å²) in [5, 5.41) is 2.14. The Bertz CT molecular complexity index is 733. The number of alkyl halides is 3. The highest BCUT2D eigenvalue weighted by Gasteiger charge is 2.44. The van der Waals surface area contributed by atoms with E-state index in [9.17, 15) is 27.6 Å². The quantitative estimate of drug-likeness (QED) is 0.752. The Morgan fingerprint density at radius 3 is 2.72 bits per heavy atom. The molecule has 1 atom stereocenters. The number of nitrogens with one attached hydrogen (secondary N) is 2. The molecule has 138 valence electrons. The normalized spacial score (nSPS) is 15.1. The molecule has 12 heteroatoms. The van der Waals surface area contributed by atoms with E-state index < -0.39 is 54.6 Å². The van der Waals surface area contributed by atoms with Gasteiger partial charge in [-0.25, -0.2) is 4.79 Å². The van der Waals surface area contributed by atoms with Gasteiger partial charge >= 0.3 is 12.3 Å². The largest absolute Gasteiger partial charge is 0.451 e. The molecule has 0 aromatic carbocycles. The number of hydrogen-bond acceptors (Lipinski definition) is 6. The zero-order valence-electron chi connectivity index (χ0n) is 13.2.